The highest BCUT2D eigenvalue weighted by molar-refractivity contribution is 9.10. The van der Waals surface area contributed by atoms with E-state index in [9.17, 15) is 9.59 Å². The van der Waals surface area contributed by atoms with E-state index in [1.54, 1.807) is 11.0 Å². The van der Waals surface area contributed by atoms with Crippen LogP contribution in [-0.2, 0) is 4.74 Å². The molecular weight excluding hydrogens is 374 g/mol. The first kappa shape index (κ1) is 18.6. The minimum absolute atomic E-state index is 0.201. The van der Waals surface area contributed by atoms with Crippen molar-refractivity contribution in [1.82, 2.24) is 10.2 Å². The number of amides is 2. The van der Waals surface area contributed by atoms with E-state index in [4.69, 9.17) is 10.5 Å². The monoisotopic (exact) mass is 397 g/mol. The van der Waals surface area contributed by atoms with Gasteiger partial charge in [0.1, 0.15) is 5.60 Å². The normalized spacial score (nSPS) is 15.0. The van der Waals surface area contributed by atoms with E-state index in [0.717, 1.165) is 5.56 Å². The Bertz CT molecular complexity index is 649. The summed E-state index contributed by atoms with van der Waals surface area (Å²) < 4.78 is 6.02. The van der Waals surface area contributed by atoms with Gasteiger partial charge in [-0.3, -0.25) is 4.79 Å². The molecule has 1 aliphatic rings. The molecule has 2 rings (SSSR count). The Morgan fingerprint density at radius 1 is 1.38 bits per heavy atom. The Kier molecular flexibility index (Phi) is 5.42. The van der Waals surface area contributed by atoms with Gasteiger partial charge in [-0.25, -0.2) is 4.79 Å². The fourth-order valence-corrected chi connectivity index (χ4v) is 3.02. The summed E-state index contributed by atoms with van der Waals surface area (Å²) in [6.45, 7) is 9.10. The summed E-state index contributed by atoms with van der Waals surface area (Å²) in [4.78, 5) is 25.8. The average molecular weight is 398 g/mol. The highest BCUT2D eigenvalue weighted by Crippen LogP contribution is 2.25. The number of nitrogens with one attached hydrogen (secondary N) is 1. The Labute approximate surface area is 150 Å². The van der Waals surface area contributed by atoms with Gasteiger partial charge in [-0.15, -0.1) is 0 Å². The van der Waals surface area contributed by atoms with Crippen LogP contribution >= 0.6 is 15.9 Å². The van der Waals surface area contributed by atoms with Gasteiger partial charge in [0.15, 0.2) is 0 Å². The number of aryl methyl sites for hydroxylation is 1. The molecule has 0 aliphatic carbocycles. The van der Waals surface area contributed by atoms with Crippen molar-refractivity contribution >= 4 is 33.6 Å². The Morgan fingerprint density at radius 2 is 2.00 bits per heavy atom. The second kappa shape index (κ2) is 7.01. The summed E-state index contributed by atoms with van der Waals surface area (Å²) in [5.74, 6) is 0.0311. The zero-order valence-electron chi connectivity index (χ0n) is 14.5. The molecule has 0 atom stereocenters. The number of nitrogen functional groups attached to an aromatic ring is 1. The number of hydrogen-bond acceptors (Lipinski definition) is 4. The van der Waals surface area contributed by atoms with Crippen LogP contribution in [-0.4, -0.2) is 42.1 Å². The number of anilines is 1. The molecular formula is C17H24BrN3O3. The van der Waals surface area contributed by atoms with Crippen molar-refractivity contribution < 1.29 is 14.3 Å². The van der Waals surface area contributed by atoms with Crippen LogP contribution in [0.15, 0.2) is 16.6 Å². The second-order valence-electron chi connectivity index (χ2n) is 7.17. The van der Waals surface area contributed by atoms with E-state index in [2.05, 4.69) is 21.2 Å². The molecule has 0 bridgehead atoms. The van der Waals surface area contributed by atoms with Crippen LogP contribution in [0.2, 0.25) is 0 Å². The number of carbonyl (C=O) groups excluding carboxylic acids is 2. The van der Waals surface area contributed by atoms with Gasteiger partial charge in [-0.1, -0.05) is 0 Å². The van der Waals surface area contributed by atoms with E-state index in [-0.39, 0.29) is 17.9 Å². The topological polar surface area (TPSA) is 84.7 Å². The molecule has 0 saturated carbocycles. The van der Waals surface area contributed by atoms with Gasteiger partial charge in [-0.05, 0) is 61.3 Å². The second-order valence-corrected chi connectivity index (χ2v) is 8.02. The fourth-order valence-electron chi connectivity index (χ4n) is 2.45. The third-order valence-electron chi connectivity index (χ3n) is 3.68. The van der Waals surface area contributed by atoms with E-state index in [1.165, 1.54) is 0 Å². The molecule has 2 amide bonds. The minimum atomic E-state index is -0.494. The van der Waals surface area contributed by atoms with Crippen LogP contribution < -0.4 is 11.1 Å². The molecule has 0 aromatic heterocycles. The first-order valence-corrected chi connectivity index (χ1v) is 8.68. The van der Waals surface area contributed by atoms with Crippen molar-refractivity contribution in [2.24, 2.45) is 5.92 Å². The summed E-state index contributed by atoms with van der Waals surface area (Å²) in [5.41, 5.74) is 7.31. The summed E-state index contributed by atoms with van der Waals surface area (Å²) >= 11 is 3.35. The number of nitrogens with two attached hydrogens (primary N) is 1. The molecule has 1 fully saturated rings. The number of carbonyl (C=O) groups is 2. The van der Waals surface area contributed by atoms with Crippen molar-refractivity contribution in [2.75, 3.05) is 25.4 Å². The van der Waals surface area contributed by atoms with Gasteiger partial charge in [0.2, 0.25) is 0 Å². The lowest BCUT2D eigenvalue weighted by molar-refractivity contribution is -0.000530. The Hall–Kier alpha value is -1.76. The molecule has 6 nitrogen and oxygen atoms in total. The van der Waals surface area contributed by atoms with Gasteiger partial charge in [0.25, 0.3) is 5.91 Å². The Balaban J connectivity index is 1.82. The standard InChI is InChI=1S/C17H24BrN3O3/c1-10-5-12(14(19)13(18)6-10)15(22)20-7-11-8-21(9-11)16(23)24-17(2,3)4/h5-6,11H,7-9,19H2,1-4H3,(H,20,22). The molecule has 1 heterocycles. The number of hydrogen-bond donors (Lipinski definition) is 2. The predicted octanol–water partition coefficient (Wildman–Crippen LogP) is 2.94. The minimum Gasteiger partial charge on any atom is -0.444 e. The van der Waals surface area contributed by atoms with Crippen LogP contribution in [0.5, 0.6) is 0 Å². The first-order valence-electron chi connectivity index (χ1n) is 7.88. The van der Waals surface area contributed by atoms with Crippen molar-refractivity contribution in [3.05, 3.63) is 27.7 Å². The molecule has 1 aliphatic heterocycles. The van der Waals surface area contributed by atoms with Gasteiger partial charge < -0.3 is 20.7 Å². The molecule has 1 aromatic carbocycles. The van der Waals surface area contributed by atoms with Crippen molar-refractivity contribution in [2.45, 2.75) is 33.3 Å². The smallest absolute Gasteiger partial charge is 0.410 e. The summed E-state index contributed by atoms with van der Waals surface area (Å²) in [6, 6.07) is 3.64. The van der Waals surface area contributed by atoms with E-state index < -0.39 is 5.60 Å². The zero-order chi connectivity index (χ0) is 18.1. The maximum Gasteiger partial charge on any atom is 0.410 e. The molecule has 132 valence electrons. The first-order chi connectivity index (χ1) is 11.1. The number of nitrogens with zero attached hydrogens (tertiary/aromatic N) is 1. The number of rotatable bonds is 3. The van der Waals surface area contributed by atoms with Crippen molar-refractivity contribution in [3.8, 4) is 0 Å². The van der Waals surface area contributed by atoms with Crippen molar-refractivity contribution in [3.63, 3.8) is 0 Å². The summed E-state index contributed by atoms with van der Waals surface area (Å²) in [6.07, 6.45) is -0.308. The zero-order valence-corrected chi connectivity index (χ0v) is 16.1. The fraction of sp³-hybridized carbons (Fsp3) is 0.529. The number of benzene rings is 1. The van der Waals surface area contributed by atoms with Crippen LogP contribution in [0.1, 0.15) is 36.7 Å². The number of halogens is 1. The van der Waals surface area contributed by atoms with Crippen LogP contribution in [0.25, 0.3) is 0 Å². The lowest BCUT2D eigenvalue weighted by atomic mass is 10.0. The SMILES string of the molecule is Cc1cc(Br)c(N)c(C(=O)NCC2CN(C(=O)OC(C)(C)C)C2)c1. The molecule has 3 N–H and O–H groups in total. The molecule has 0 radical (unpaired) electrons. The molecule has 7 heteroatoms. The molecule has 0 spiro atoms. The van der Waals surface area contributed by atoms with Crippen LogP contribution in [0, 0.1) is 12.8 Å². The lowest BCUT2D eigenvalue weighted by Crippen LogP contribution is -2.54. The third-order valence-corrected chi connectivity index (χ3v) is 4.33. The van der Waals surface area contributed by atoms with Gasteiger partial charge in [0, 0.05) is 30.0 Å². The quantitative estimate of drug-likeness (QED) is 0.767. The predicted molar refractivity (Wildman–Crippen MR) is 96.9 cm³/mol. The van der Waals surface area contributed by atoms with Crippen molar-refractivity contribution in [1.29, 1.82) is 0 Å². The maximum absolute atomic E-state index is 12.3. The van der Waals surface area contributed by atoms with Crippen LogP contribution in [0.4, 0.5) is 10.5 Å². The highest BCUT2D eigenvalue weighted by atomic mass is 79.9. The molecule has 1 aromatic rings. The summed E-state index contributed by atoms with van der Waals surface area (Å²) in [7, 11) is 0. The maximum atomic E-state index is 12.3. The number of likely N-dealkylation sites (tertiary alicyclic amines) is 1. The van der Waals surface area contributed by atoms with E-state index in [1.807, 2.05) is 33.8 Å². The van der Waals surface area contributed by atoms with Crippen LogP contribution in [0.3, 0.4) is 0 Å². The lowest BCUT2D eigenvalue weighted by Gasteiger charge is -2.39. The van der Waals surface area contributed by atoms with E-state index in [0.29, 0.717) is 35.4 Å². The Morgan fingerprint density at radius 3 is 2.58 bits per heavy atom. The van der Waals surface area contributed by atoms with E-state index >= 15 is 0 Å². The average Bonchev–Trinajstić information content (AvgIpc) is 2.38. The number of ether oxygens (including phenoxy) is 1. The molecule has 0 unspecified atom stereocenters. The highest BCUT2D eigenvalue weighted by Gasteiger charge is 2.33. The van der Waals surface area contributed by atoms with Gasteiger partial charge in [-0.2, -0.15) is 0 Å². The third kappa shape index (κ3) is 4.63. The molecule has 1 saturated heterocycles. The molecule has 24 heavy (non-hydrogen) atoms. The van der Waals surface area contributed by atoms with Gasteiger partial charge in [0.05, 0.1) is 11.3 Å². The largest absolute Gasteiger partial charge is 0.444 e. The summed E-state index contributed by atoms with van der Waals surface area (Å²) in [5, 5.41) is 2.89. The van der Waals surface area contributed by atoms with Gasteiger partial charge >= 0.3 is 6.09 Å².